The van der Waals surface area contributed by atoms with Gasteiger partial charge in [0.05, 0.1) is 19.3 Å². The van der Waals surface area contributed by atoms with Crippen LogP contribution in [0, 0.1) is 5.82 Å². The zero-order chi connectivity index (χ0) is 16.9. The summed E-state index contributed by atoms with van der Waals surface area (Å²) in [6.45, 7) is 3.20. The van der Waals surface area contributed by atoms with Gasteiger partial charge < -0.3 is 4.74 Å². The van der Waals surface area contributed by atoms with Crippen molar-refractivity contribution in [3.05, 3.63) is 65.1 Å². The number of aromatic nitrogens is 3. The second-order valence-electron chi connectivity index (χ2n) is 5.41. The van der Waals surface area contributed by atoms with E-state index in [0.29, 0.717) is 23.9 Å². The maximum Gasteiger partial charge on any atom is 0.124 e. The minimum absolute atomic E-state index is 0.275. The van der Waals surface area contributed by atoms with Crippen LogP contribution in [0.1, 0.15) is 18.9 Å². The van der Waals surface area contributed by atoms with Gasteiger partial charge in [0.15, 0.2) is 0 Å². The topological polar surface area (TPSA) is 39.9 Å². The third-order valence-corrected chi connectivity index (χ3v) is 3.73. The van der Waals surface area contributed by atoms with Crippen molar-refractivity contribution in [1.29, 1.82) is 0 Å². The van der Waals surface area contributed by atoms with Crippen molar-refractivity contribution in [2.24, 2.45) is 0 Å². The molecule has 0 radical (unpaired) electrons. The lowest BCUT2D eigenvalue weighted by Gasteiger charge is -2.11. The van der Waals surface area contributed by atoms with E-state index in [9.17, 15) is 4.39 Å². The first kappa shape index (κ1) is 16.5. The molecule has 0 aliphatic heterocycles. The van der Waals surface area contributed by atoms with Crippen molar-refractivity contribution < 1.29 is 9.13 Å². The van der Waals surface area contributed by atoms with Crippen LogP contribution in [0.2, 0.25) is 5.02 Å². The minimum atomic E-state index is -0.275. The van der Waals surface area contributed by atoms with Crippen molar-refractivity contribution >= 4 is 11.6 Å². The first-order valence-electron chi connectivity index (χ1n) is 7.73. The van der Waals surface area contributed by atoms with E-state index in [1.165, 1.54) is 12.1 Å². The van der Waals surface area contributed by atoms with Crippen LogP contribution < -0.4 is 4.74 Å². The highest BCUT2D eigenvalue weighted by Crippen LogP contribution is 2.24. The lowest BCUT2D eigenvalue weighted by atomic mass is 10.1. The lowest BCUT2D eigenvalue weighted by Crippen LogP contribution is -2.04. The van der Waals surface area contributed by atoms with Crippen molar-refractivity contribution in [3.63, 3.8) is 0 Å². The molecular weight excluding hydrogens is 329 g/mol. The maximum absolute atomic E-state index is 13.0. The molecule has 2 aromatic carbocycles. The molecule has 0 saturated heterocycles. The van der Waals surface area contributed by atoms with Gasteiger partial charge in [0, 0.05) is 16.1 Å². The standard InChI is InChI=1S/C18H17ClFN3O/c1-2-9-24-18-8-5-15(19)10-14(18)11-23-12-17(21-22-23)13-3-6-16(20)7-4-13/h3-8,10,12H,2,9,11H2,1H3. The highest BCUT2D eigenvalue weighted by atomic mass is 35.5. The van der Waals surface area contributed by atoms with Crippen LogP contribution in [0.4, 0.5) is 4.39 Å². The van der Waals surface area contributed by atoms with Gasteiger partial charge in [-0.15, -0.1) is 5.10 Å². The largest absolute Gasteiger partial charge is 0.493 e. The van der Waals surface area contributed by atoms with Gasteiger partial charge in [-0.25, -0.2) is 9.07 Å². The van der Waals surface area contributed by atoms with Crippen molar-refractivity contribution in [1.82, 2.24) is 15.0 Å². The fraction of sp³-hybridized carbons (Fsp3) is 0.222. The van der Waals surface area contributed by atoms with Gasteiger partial charge in [-0.3, -0.25) is 0 Å². The quantitative estimate of drug-likeness (QED) is 0.656. The molecule has 6 heteroatoms. The van der Waals surface area contributed by atoms with Crippen LogP contribution in [-0.2, 0) is 6.54 Å². The first-order valence-corrected chi connectivity index (χ1v) is 8.11. The molecule has 1 aromatic heterocycles. The van der Waals surface area contributed by atoms with Crippen LogP contribution in [0.3, 0.4) is 0 Å². The minimum Gasteiger partial charge on any atom is -0.493 e. The number of rotatable bonds is 6. The smallest absolute Gasteiger partial charge is 0.124 e. The summed E-state index contributed by atoms with van der Waals surface area (Å²) in [5.74, 6) is 0.517. The van der Waals surface area contributed by atoms with Crippen molar-refractivity contribution in [3.8, 4) is 17.0 Å². The monoisotopic (exact) mass is 345 g/mol. The Morgan fingerprint density at radius 2 is 1.96 bits per heavy atom. The lowest BCUT2D eigenvalue weighted by molar-refractivity contribution is 0.313. The number of hydrogen-bond acceptors (Lipinski definition) is 3. The summed E-state index contributed by atoms with van der Waals surface area (Å²) in [6, 6.07) is 11.7. The second-order valence-corrected chi connectivity index (χ2v) is 5.85. The van der Waals surface area contributed by atoms with E-state index in [0.717, 1.165) is 23.3 Å². The summed E-state index contributed by atoms with van der Waals surface area (Å²) >= 11 is 6.10. The van der Waals surface area contributed by atoms with E-state index in [1.54, 1.807) is 22.9 Å². The molecule has 0 bridgehead atoms. The average Bonchev–Trinajstić information content (AvgIpc) is 3.03. The number of hydrogen-bond donors (Lipinski definition) is 0. The summed E-state index contributed by atoms with van der Waals surface area (Å²) in [4.78, 5) is 0. The van der Waals surface area contributed by atoms with Crippen LogP contribution >= 0.6 is 11.6 Å². The molecule has 0 saturated carbocycles. The number of nitrogens with zero attached hydrogens (tertiary/aromatic N) is 3. The van der Waals surface area contributed by atoms with E-state index >= 15 is 0 Å². The fourth-order valence-electron chi connectivity index (χ4n) is 2.33. The third-order valence-electron chi connectivity index (χ3n) is 3.50. The molecule has 0 atom stereocenters. The van der Waals surface area contributed by atoms with Crippen LogP contribution in [0.15, 0.2) is 48.7 Å². The van der Waals surface area contributed by atoms with E-state index < -0.39 is 0 Å². The summed E-state index contributed by atoms with van der Waals surface area (Å²) in [7, 11) is 0. The summed E-state index contributed by atoms with van der Waals surface area (Å²) in [5.41, 5.74) is 2.44. The molecule has 4 nitrogen and oxygen atoms in total. The van der Waals surface area contributed by atoms with Crippen LogP contribution in [0.5, 0.6) is 5.75 Å². The molecule has 0 fully saturated rings. The Morgan fingerprint density at radius 3 is 2.71 bits per heavy atom. The maximum atomic E-state index is 13.0. The number of ether oxygens (including phenoxy) is 1. The highest BCUT2D eigenvalue weighted by molar-refractivity contribution is 6.30. The molecule has 3 rings (SSSR count). The van der Waals surface area contributed by atoms with E-state index in [4.69, 9.17) is 16.3 Å². The molecule has 3 aromatic rings. The van der Waals surface area contributed by atoms with Gasteiger partial charge in [-0.05, 0) is 48.9 Å². The molecule has 0 unspecified atom stereocenters. The number of benzene rings is 2. The Kier molecular flexibility index (Phi) is 5.11. The molecule has 1 heterocycles. The predicted molar refractivity (Wildman–Crippen MR) is 91.8 cm³/mol. The fourth-order valence-corrected chi connectivity index (χ4v) is 2.52. The van der Waals surface area contributed by atoms with Gasteiger partial charge in [0.1, 0.15) is 17.3 Å². The Labute approximate surface area is 144 Å². The van der Waals surface area contributed by atoms with Crippen molar-refractivity contribution in [2.75, 3.05) is 6.61 Å². The first-order chi connectivity index (χ1) is 11.7. The van der Waals surface area contributed by atoms with Gasteiger partial charge in [-0.2, -0.15) is 0 Å². The molecule has 0 aliphatic carbocycles. The summed E-state index contributed by atoms with van der Waals surface area (Å²) in [6.07, 6.45) is 2.75. The molecule has 0 amide bonds. The second kappa shape index (κ2) is 7.45. The predicted octanol–water partition coefficient (Wildman–Crippen LogP) is 4.57. The van der Waals surface area contributed by atoms with Crippen LogP contribution in [0.25, 0.3) is 11.3 Å². The Hall–Kier alpha value is -2.40. The van der Waals surface area contributed by atoms with Crippen molar-refractivity contribution in [2.45, 2.75) is 19.9 Å². The zero-order valence-corrected chi connectivity index (χ0v) is 14.0. The summed E-state index contributed by atoms with van der Waals surface area (Å²) < 4.78 is 20.5. The normalized spacial score (nSPS) is 10.8. The van der Waals surface area contributed by atoms with Gasteiger partial charge in [-0.1, -0.05) is 23.7 Å². The molecule has 0 spiro atoms. The van der Waals surface area contributed by atoms with Gasteiger partial charge in [0.2, 0.25) is 0 Å². The van der Waals surface area contributed by atoms with Gasteiger partial charge >= 0.3 is 0 Å². The Balaban J connectivity index is 1.81. The Bertz CT molecular complexity index is 817. The Morgan fingerprint density at radius 1 is 1.17 bits per heavy atom. The highest BCUT2D eigenvalue weighted by Gasteiger charge is 2.09. The van der Waals surface area contributed by atoms with E-state index in [2.05, 4.69) is 17.2 Å². The van der Waals surface area contributed by atoms with Gasteiger partial charge in [0.25, 0.3) is 0 Å². The summed E-state index contributed by atoms with van der Waals surface area (Å²) in [5, 5.41) is 8.92. The third kappa shape index (κ3) is 3.92. The number of halogens is 2. The molecule has 124 valence electrons. The van der Waals surface area contributed by atoms with E-state index in [-0.39, 0.29) is 5.82 Å². The molecule has 0 aliphatic rings. The van der Waals surface area contributed by atoms with E-state index in [1.807, 2.05) is 18.3 Å². The van der Waals surface area contributed by atoms with Crippen LogP contribution in [-0.4, -0.2) is 21.6 Å². The molecular formula is C18H17ClFN3O. The average molecular weight is 346 g/mol. The molecule has 0 N–H and O–H groups in total. The molecule has 24 heavy (non-hydrogen) atoms. The SMILES string of the molecule is CCCOc1ccc(Cl)cc1Cn1cc(-c2ccc(F)cc2)nn1. The zero-order valence-electron chi connectivity index (χ0n) is 13.2.